The van der Waals surface area contributed by atoms with Crippen molar-refractivity contribution in [2.45, 2.75) is 0 Å². The minimum absolute atomic E-state index is 0.0458. The Labute approximate surface area is 131 Å². The number of carbonyl (C=O) groups excluding carboxylic acids is 1. The minimum atomic E-state index is -0.739. The number of nitro groups is 1. The van der Waals surface area contributed by atoms with Crippen LogP contribution >= 0.6 is 0 Å². The monoisotopic (exact) mass is 315 g/mol. The van der Waals surface area contributed by atoms with Gasteiger partial charge in [0.05, 0.1) is 12.0 Å². The van der Waals surface area contributed by atoms with Gasteiger partial charge in [-0.2, -0.15) is 0 Å². The fourth-order valence-electron chi connectivity index (χ4n) is 1.90. The highest BCUT2D eigenvalue weighted by molar-refractivity contribution is 6.06. The van der Waals surface area contributed by atoms with Gasteiger partial charge in [-0.15, -0.1) is 0 Å². The van der Waals surface area contributed by atoms with E-state index in [0.717, 1.165) is 6.07 Å². The quantitative estimate of drug-likeness (QED) is 0.380. The Hall–Kier alpha value is -3.35. The smallest absolute Gasteiger partial charge is 0.315 e. The minimum Gasteiger partial charge on any atom is -0.508 e. The number of nitrogens with zero attached hydrogens (tertiary/aromatic N) is 1. The summed E-state index contributed by atoms with van der Waals surface area (Å²) < 4.78 is 4.88. The summed E-state index contributed by atoms with van der Waals surface area (Å²) in [5.74, 6) is -0.917. The molecule has 0 bridgehead atoms. The van der Waals surface area contributed by atoms with Crippen LogP contribution in [0.25, 0.3) is 6.08 Å². The molecule has 7 heteroatoms. The van der Waals surface area contributed by atoms with Crippen LogP contribution in [0.5, 0.6) is 17.2 Å². The number of ketones is 1. The van der Waals surface area contributed by atoms with E-state index in [0.29, 0.717) is 11.1 Å². The molecule has 0 saturated heterocycles. The highest BCUT2D eigenvalue weighted by Crippen LogP contribution is 2.37. The van der Waals surface area contributed by atoms with E-state index in [1.165, 1.54) is 49.6 Å². The number of allylic oxidation sites excluding steroid dienone is 1. The summed E-state index contributed by atoms with van der Waals surface area (Å²) >= 11 is 0. The summed E-state index contributed by atoms with van der Waals surface area (Å²) in [6.07, 6.45) is 2.62. The summed E-state index contributed by atoms with van der Waals surface area (Å²) in [7, 11) is 1.27. The molecule has 2 aromatic rings. The molecule has 0 radical (unpaired) electrons. The second-order valence-electron chi connectivity index (χ2n) is 4.59. The van der Waals surface area contributed by atoms with Gasteiger partial charge in [0.1, 0.15) is 5.75 Å². The molecule has 0 unspecified atom stereocenters. The molecule has 2 N–H and O–H groups in total. The molecule has 0 aliphatic rings. The van der Waals surface area contributed by atoms with E-state index in [1.807, 2.05) is 0 Å². The number of ether oxygens (including phenoxy) is 1. The van der Waals surface area contributed by atoms with Gasteiger partial charge >= 0.3 is 5.69 Å². The van der Waals surface area contributed by atoms with Gasteiger partial charge in [0.15, 0.2) is 11.5 Å². The van der Waals surface area contributed by atoms with Gasteiger partial charge in [0.25, 0.3) is 0 Å². The van der Waals surface area contributed by atoms with E-state index in [4.69, 9.17) is 4.74 Å². The molecule has 0 aliphatic heterocycles. The Bertz CT molecular complexity index is 780. The maximum Gasteiger partial charge on any atom is 0.315 e. The lowest BCUT2D eigenvalue weighted by Gasteiger charge is -2.05. The first-order valence-electron chi connectivity index (χ1n) is 6.49. The molecule has 7 nitrogen and oxygen atoms in total. The largest absolute Gasteiger partial charge is 0.508 e. The van der Waals surface area contributed by atoms with E-state index in [-0.39, 0.29) is 17.3 Å². The second-order valence-corrected chi connectivity index (χ2v) is 4.59. The van der Waals surface area contributed by atoms with E-state index in [9.17, 15) is 25.1 Å². The van der Waals surface area contributed by atoms with E-state index in [1.54, 1.807) is 0 Å². The van der Waals surface area contributed by atoms with Crippen LogP contribution in [0.4, 0.5) is 5.69 Å². The number of hydrogen-bond donors (Lipinski definition) is 2. The average Bonchev–Trinajstić information content (AvgIpc) is 2.53. The van der Waals surface area contributed by atoms with Crippen LogP contribution in [0.3, 0.4) is 0 Å². The molecule has 0 atom stereocenters. The Morgan fingerprint density at radius 2 is 1.87 bits per heavy atom. The van der Waals surface area contributed by atoms with Crippen LogP contribution in [-0.2, 0) is 0 Å². The van der Waals surface area contributed by atoms with Crippen LogP contribution in [0, 0.1) is 10.1 Å². The van der Waals surface area contributed by atoms with Crippen LogP contribution in [0.15, 0.2) is 42.5 Å². The van der Waals surface area contributed by atoms with Gasteiger partial charge in [-0.05, 0) is 42.0 Å². The summed E-state index contributed by atoms with van der Waals surface area (Å²) in [5, 5.41) is 29.8. The van der Waals surface area contributed by atoms with Gasteiger partial charge in [-0.25, -0.2) is 0 Å². The summed E-state index contributed by atoms with van der Waals surface area (Å²) in [6, 6.07) is 8.20. The van der Waals surface area contributed by atoms with Crippen molar-refractivity contribution in [2.75, 3.05) is 7.11 Å². The summed E-state index contributed by atoms with van der Waals surface area (Å²) in [6.45, 7) is 0. The number of rotatable bonds is 5. The lowest BCUT2D eigenvalue weighted by molar-refractivity contribution is -0.386. The SMILES string of the molecule is COc1cc(/C=C/C(=O)c2ccc(O)cc2)cc([N+](=O)[O-])c1O. The molecule has 0 amide bonds. The fraction of sp³-hybridized carbons (Fsp3) is 0.0625. The molecule has 0 spiro atoms. The predicted octanol–water partition coefficient (Wildman–Crippen LogP) is 2.91. The zero-order valence-electron chi connectivity index (χ0n) is 12.1. The van der Waals surface area contributed by atoms with Crippen LogP contribution in [-0.4, -0.2) is 28.0 Å². The summed E-state index contributed by atoms with van der Waals surface area (Å²) in [5.41, 5.74) is 0.179. The maximum absolute atomic E-state index is 12.0. The van der Waals surface area contributed by atoms with Gasteiger partial charge in [-0.1, -0.05) is 6.08 Å². The van der Waals surface area contributed by atoms with E-state index >= 15 is 0 Å². The topological polar surface area (TPSA) is 110 Å². The zero-order valence-corrected chi connectivity index (χ0v) is 12.1. The number of hydrogen-bond acceptors (Lipinski definition) is 6. The first-order valence-corrected chi connectivity index (χ1v) is 6.49. The molecule has 0 aromatic heterocycles. The number of phenolic OH excluding ortho intramolecular Hbond substituents is 2. The van der Waals surface area contributed by atoms with Crippen molar-refractivity contribution in [2.24, 2.45) is 0 Å². The van der Waals surface area contributed by atoms with Crippen molar-refractivity contribution < 1.29 is 24.7 Å². The maximum atomic E-state index is 12.0. The van der Waals surface area contributed by atoms with Crippen LogP contribution < -0.4 is 4.74 Å². The van der Waals surface area contributed by atoms with Crippen molar-refractivity contribution in [3.63, 3.8) is 0 Å². The number of phenols is 2. The molecule has 0 aliphatic carbocycles. The molecular formula is C16H13NO6. The van der Waals surface area contributed by atoms with Gasteiger partial charge < -0.3 is 14.9 Å². The van der Waals surface area contributed by atoms with Crippen LogP contribution in [0.1, 0.15) is 15.9 Å². The first-order chi connectivity index (χ1) is 10.9. The van der Waals surface area contributed by atoms with E-state index < -0.39 is 16.4 Å². The normalized spacial score (nSPS) is 10.7. The highest BCUT2D eigenvalue weighted by Gasteiger charge is 2.19. The lowest BCUT2D eigenvalue weighted by atomic mass is 10.1. The fourth-order valence-corrected chi connectivity index (χ4v) is 1.90. The van der Waals surface area contributed by atoms with Crippen molar-refractivity contribution in [3.8, 4) is 17.2 Å². The second kappa shape index (κ2) is 6.61. The van der Waals surface area contributed by atoms with Crippen molar-refractivity contribution in [3.05, 3.63) is 63.7 Å². The molecule has 0 saturated carbocycles. The molecule has 118 valence electrons. The van der Waals surface area contributed by atoms with Crippen LogP contribution in [0.2, 0.25) is 0 Å². The van der Waals surface area contributed by atoms with Gasteiger partial charge in [-0.3, -0.25) is 14.9 Å². The summed E-state index contributed by atoms with van der Waals surface area (Å²) in [4.78, 5) is 22.2. The number of methoxy groups -OCH3 is 1. The molecule has 2 rings (SSSR count). The Kier molecular flexibility index (Phi) is 4.61. The highest BCUT2D eigenvalue weighted by atomic mass is 16.6. The zero-order chi connectivity index (χ0) is 17.0. The average molecular weight is 315 g/mol. The van der Waals surface area contributed by atoms with Crippen molar-refractivity contribution in [1.82, 2.24) is 0 Å². The Morgan fingerprint density at radius 3 is 2.43 bits per heavy atom. The van der Waals surface area contributed by atoms with Gasteiger partial charge in [0, 0.05) is 11.6 Å². The number of nitro benzene ring substituents is 1. The van der Waals surface area contributed by atoms with Crippen molar-refractivity contribution >= 4 is 17.5 Å². The van der Waals surface area contributed by atoms with Crippen molar-refractivity contribution in [1.29, 1.82) is 0 Å². The number of carbonyl (C=O) groups is 1. The third-order valence-corrected chi connectivity index (χ3v) is 3.07. The molecule has 0 fully saturated rings. The van der Waals surface area contributed by atoms with E-state index in [2.05, 4.69) is 0 Å². The lowest BCUT2D eigenvalue weighted by Crippen LogP contribution is -1.95. The molecule has 23 heavy (non-hydrogen) atoms. The Morgan fingerprint density at radius 1 is 1.22 bits per heavy atom. The third kappa shape index (κ3) is 3.65. The first kappa shape index (κ1) is 16.0. The standard InChI is InChI=1S/C16H13NO6/c1-23-15-9-10(8-13(16(15)20)17(21)22)2-7-14(19)11-3-5-12(18)6-4-11/h2-9,18,20H,1H3/b7-2+. The molecule has 0 heterocycles. The molecular weight excluding hydrogens is 302 g/mol. The molecule has 2 aromatic carbocycles. The Balaban J connectivity index is 2.32. The number of aromatic hydroxyl groups is 2. The third-order valence-electron chi connectivity index (χ3n) is 3.07. The number of benzene rings is 2. The predicted molar refractivity (Wildman–Crippen MR) is 82.8 cm³/mol. The van der Waals surface area contributed by atoms with Gasteiger partial charge in [0.2, 0.25) is 5.75 Å².